The van der Waals surface area contributed by atoms with Crippen molar-refractivity contribution < 1.29 is 13.2 Å². The van der Waals surface area contributed by atoms with Crippen molar-refractivity contribution in [2.75, 3.05) is 103 Å². The van der Waals surface area contributed by atoms with Crippen LogP contribution >= 0.6 is 46.4 Å². The van der Waals surface area contributed by atoms with Gasteiger partial charge in [0, 0.05) is 86.1 Å². The first-order valence-electron chi connectivity index (χ1n) is 25.7. The molecule has 0 saturated carbocycles. The smallest absolute Gasteiger partial charge is 0.148 e. The van der Waals surface area contributed by atoms with Gasteiger partial charge in [0.1, 0.15) is 17.5 Å². The average Bonchev–Trinajstić information content (AvgIpc) is 3.17. The molecule has 0 aliphatic heterocycles. The van der Waals surface area contributed by atoms with E-state index in [0.717, 1.165) is 114 Å². The summed E-state index contributed by atoms with van der Waals surface area (Å²) in [5.41, 5.74) is 116. The Morgan fingerprint density at radius 2 is 0.471 bits per heavy atom. The van der Waals surface area contributed by atoms with Crippen LogP contribution in [0, 0.1) is 72.8 Å². The van der Waals surface area contributed by atoms with Gasteiger partial charge in [-0.3, -0.25) is 0 Å². The molecule has 0 atom stereocenters. The number of halogens is 7. The van der Waals surface area contributed by atoms with Gasteiger partial charge in [-0.15, -0.1) is 0 Å². The quantitative estimate of drug-likeness (QED) is 0.0495. The molecule has 9 aromatic carbocycles. The Balaban J connectivity index is 0.000000491. The zero-order chi connectivity index (χ0) is 66.9. The van der Waals surface area contributed by atoms with E-state index in [4.69, 9.17) is 150 Å². The molecule has 0 heterocycles. The zero-order valence-corrected chi connectivity index (χ0v) is 52.7. The summed E-state index contributed by atoms with van der Waals surface area (Å²) in [7, 11) is 0. The van der Waals surface area contributed by atoms with Crippen LogP contribution in [0.3, 0.4) is 0 Å². The number of benzene rings is 9. The molecule has 0 amide bonds. The highest BCUT2D eigenvalue weighted by molar-refractivity contribution is 6.52. The van der Waals surface area contributed by atoms with E-state index in [1.54, 1.807) is 60.7 Å². The second kappa shape index (κ2) is 35.6. The molecular formula is C62H81Cl4F3N18. The molecule has 0 aliphatic rings. The molecule has 9 aromatic rings. The fourth-order valence-electron chi connectivity index (χ4n) is 6.47. The molecule has 36 N–H and O–H groups in total. The van der Waals surface area contributed by atoms with Crippen molar-refractivity contribution in [3.63, 3.8) is 0 Å². The van der Waals surface area contributed by atoms with Crippen molar-refractivity contribution in [1.82, 2.24) is 0 Å². The van der Waals surface area contributed by atoms with Gasteiger partial charge in [0.25, 0.3) is 0 Å². The van der Waals surface area contributed by atoms with Crippen LogP contribution in [-0.4, -0.2) is 0 Å². The van der Waals surface area contributed by atoms with Gasteiger partial charge in [0.05, 0.1) is 48.5 Å². The van der Waals surface area contributed by atoms with Crippen molar-refractivity contribution >= 4 is 149 Å². The molecule has 0 unspecified atom stereocenters. The molecule has 0 fully saturated rings. The Labute approximate surface area is 527 Å². The topological polar surface area (TPSA) is 468 Å². The molecular weight excluding hydrogens is 1200 g/mol. The second-order valence-corrected chi connectivity index (χ2v) is 20.7. The number of hydrogen-bond acceptors (Lipinski definition) is 18. The van der Waals surface area contributed by atoms with Gasteiger partial charge in [-0.05, 0) is 209 Å². The average molecular weight is 1280 g/mol. The predicted octanol–water partition coefficient (Wildman–Crippen LogP) is 13.2. The highest BCUT2D eigenvalue weighted by atomic mass is 35.5. The standard InChI is InChI=1S/C10H16N2.C8H12N2.2C7H10N2.C6H4Cl4N2.C6H6F2N2.C6H7FN2.2C6H8N2/c1-5-6(2)10(12)8(4)7(3)9(5)11;1-5-3-8(10)6(2)4-7(5)9;2*1-5-4-6(8)2-3-7(5)9;7-1-2(8)6(12)4(10)3(9)5(1)11;7-3-1-5(9)4(8)2-6(3)10;7-5-3-4(8)1-2-6(5)9;7-5-1-2-6(8)4-3-5;7-5-2-1-3-6(8)4-5/h11-12H2,1-4H3;3-4H,9-10H2,1-2H3;2*2-4H,8-9H2,1H3;11-12H2;1-2H,9-10H2;1-3H,8-9H2;2*1-4H,7-8H2. The third kappa shape index (κ3) is 25.2. The Morgan fingerprint density at radius 3 is 0.713 bits per heavy atom. The molecule has 0 radical (unpaired) electrons. The van der Waals surface area contributed by atoms with Crippen LogP contribution in [0.1, 0.15) is 44.5 Å². The molecule has 0 aromatic heterocycles. The molecule has 0 spiro atoms. The molecule has 0 saturated heterocycles. The number of nitrogen functional groups attached to an aromatic ring is 18. The van der Waals surface area contributed by atoms with E-state index in [-0.39, 0.29) is 48.5 Å². The van der Waals surface area contributed by atoms with E-state index < -0.39 is 17.5 Å². The highest BCUT2D eigenvalue weighted by Crippen LogP contribution is 2.44. The third-order valence-corrected chi connectivity index (χ3v) is 14.1. The van der Waals surface area contributed by atoms with E-state index in [1.807, 2.05) is 97.9 Å². The fraction of sp³-hybridized carbons (Fsp3) is 0.129. The Morgan fingerprint density at radius 1 is 0.230 bits per heavy atom. The lowest BCUT2D eigenvalue weighted by Crippen LogP contribution is -2.04. The summed E-state index contributed by atoms with van der Waals surface area (Å²) in [6.07, 6.45) is 0. The summed E-state index contributed by atoms with van der Waals surface area (Å²) in [4.78, 5) is 0. The molecule has 0 bridgehead atoms. The van der Waals surface area contributed by atoms with Gasteiger partial charge in [-0.2, -0.15) is 0 Å². The SMILES string of the molecule is Cc1c(C)c(N)c(C)c(C)c1N.Cc1cc(N)c(C)cc1N.Cc1cc(N)ccc1N.Cc1cc(N)ccc1N.Nc1c(Cl)c(Cl)c(N)c(Cl)c1Cl.Nc1cc(F)c(N)cc1F.Nc1ccc(N)c(F)c1.Nc1ccc(N)cc1.Nc1cccc(N)c1. The number of hydrogen-bond donors (Lipinski definition) is 18. The van der Waals surface area contributed by atoms with Crippen molar-refractivity contribution in [3.05, 3.63) is 209 Å². The first kappa shape index (κ1) is 75.3. The number of rotatable bonds is 0. The van der Waals surface area contributed by atoms with Crippen LogP contribution in [0.4, 0.5) is 116 Å². The van der Waals surface area contributed by atoms with Crippen LogP contribution < -0.4 is 103 Å². The fourth-order valence-corrected chi connectivity index (χ4v) is 7.35. The lowest BCUT2D eigenvalue weighted by molar-refractivity contribution is 0.608. The largest absolute Gasteiger partial charge is 0.399 e. The summed E-state index contributed by atoms with van der Waals surface area (Å²) in [6, 6.07) is 34.8. The molecule has 0 aliphatic carbocycles. The maximum absolute atomic E-state index is 12.4. The summed E-state index contributed by atoms with van der Waals surface area (Å²) in [5, 5.41) is 0.513. The van der Waals surface area contributed by atoms with E-state index in [1.165, 1.54) is 12.1 Å². The predicted molar refractivity (Wildman–Crippen MR) is 375 cm³/mol. The summed E-state index contributed by atoms with van der Waals surface area (Å²) >= 11 is 22.7. The van der Waals surface area contributed by atoms with Crippen molar-refractivity contribution in [2.24, 2.45) is 0 Å². The summed E-state index contributed by atoms with van der Waals surface area (Å²) < 4.78 is 37.2. The number of nitrogens with two attached hydrogens (primary N) is 18. The van der Waals surface area contributed by atoms with Crippen LogP contribution in [-0.2, 0) is 0 Å². The van der Waals surface area contributed by atoms with E-state index in [9.17, 15) is 13.2 Å². The molecule has 9 rings (SSSR count). The summed E-state index contributed by atoms with van der Waals surface area (Å²) in [5.74, 6) is -1.85. The van der Waals surface area contributed by atoms with Crippen LogP contribution in [0.25, 0.3) is 0 Å². The van der Waals surface area contributed by atoms with Crippen LogP contribution in [0.15, 0.2) is 127 Å². The molecule has 18 nitrogen and oxygen atoms in total. The minimum absolute atomic E-state index is 0.128. The van der Waals surface area contributed by atoms with Gasteiger partial charge in [-0.25, -0.2) is 13.2 Å². The van der Waals surface area contributed by atoms with Crippen LogP contribution in [0.5, 0.6) is 0 Å². The summed E-state index contributed by atoms with van der Waals surface area (Å²) in [6.45, 7) is 15.8. The van der Waals surface area contributed by atoms with Crippen molar-refractivity contribution in [2.45, 2.75) is 55.4 Å². The Hall–Kier alpha value is -9.67. The van der Waals surface area contributed by atoms with E-state index in [0.29, 0.717) is 17.1 Å². The first-order valence-corrected chi connectivity index (χ1v) is 27.2. The van der Waals surface area contributed by atoms with Crippen molar-refractivity contribution in [3.8, 4) is 0 Å². The lowest BCUT2D eigenvalue weighted by Gasteiger charge is -2.14. The van der Waals surface area contributed by atoms with Gasteiger partial charge >= 0.3 is 0 Å². The Bertz CT molecular complexity index is 3130. The number of aryl methyl sites for hydroxylation is 4. The van der Waals surface area contributed by atoms with Gasteiger partial charge < -0.3 is 103 Å². The molecule has 25 heteroatoms. The van der Waals surface area contributed by atoms with Gasteiger partial charge in [-0.1, -0.05) is 52.5 Å². The monoisotopic (exact) mass is 1270 g/mol. The zero-order valence-electron chi connectivity index (χ0n) is 49.7. The maximum atomic E-state index is 12.4. The van der Waals surface area contributed by atoms with Gasteiger partial charge in [0.2, 0.25) is 0 Å². The first-order chi connectivity index (χ1) is 40.3. The molecule has 87 heavy (non-hydrogen) atoms. The highest BCUT2D eigenvalue weighted by Gasteiger charge is 2.16. The van der Waals surface area contributed by atoms with Gasteiger partial charge in [0.15, 0.2) is 0 Å². The second-order valence-electron chi connectivity index (χ2n) is 19.2. The number of anilines is 18. The van der Waals surface area contributed by atoms with E-state index >= 15 is 0 Å². The Kier molecular flexibility index (Phi) is 30.8. The maximum Gasteiger partial charge on any atom is 0.148 e. The molecule has 468 valence electrons. The third-order valence-electron chi connectivity index (χ3n) is 12.3. The van der Waals surface area contributed by atoms with Crippen molar-refractivity contribution in [1.29, 1.82) is 0 Å². The van der Waals surface area contributed by atoms with Crippen LogP contribution in [0.2, 0.25) is 20.1 Å². The minimum atomic E-state index is -0.695. The lowest BCUT2D eigenvalue weighted by atomic mass is 9.97. The normalized spacial score (nSPS) is 9.69. The minimum Gasteiger partial charge on any atom is -0.399 e. The van der Waals surface area contributed by atoms with E-state index in [2.05, 4.69) is 0 Å².